The first-order chi connectivity index (χ1) is 6.24. The van der Waals surface area contributed by atoms with Gasteiger partial charge in [-0.1, -0.05) is 22.0 Å². The first kappa shape index (κ1) is 10.1. The van der Waals surface area contributed by atoms with Crippen LogP contribution in [-0.4, -0.2) is 6.54 Å². The van der Waals surface area contributed by atoms with Crippen molar-refractivity contribution in [3.63, 3.8) is 0 Å². The van der Waals surface area contributed by atoms with E-state index in [0.29, 0.717) is 0 Å². The molecule has 0 saturated carbocycles. The molecular formula is C10H13BrN2. The summed E-state index contributed by atoms with van der Waals surface area (Å²) >= 11 is 3.35. The Hall–Kier alpha value is -0.960. The predicted octanol–water partition coefficient (Wildman–Crippen LogP) is 3.02. The molecule has 1 aromatic carbocycles. The summed E-state index contributed by atoms with van der Waals surface area (Å²) in [5.74, 6) is 0. The first-order valence-corrected chi connectivity index (χ1v) is 4.93. The van der Waals surface area contributed by atoms with Crippen molar-refractivity contribution in [1.29, 1.82) is 0 Å². The number of hydrogen-bond donors (Lipinski definition) is 2. The molecule has 1 rings (SSSR count). The summed E-state index contributed by atoms with van der Waals surface area (Å²) in [5, 5.41) is 3.22. The van der Waals surface area contributed by atoms with Crippen molar-refractivity contribution < 1.29 is 0 Å². The van der Waals surface area contributed by atoms with E-state index in [2.05, 4.69) is 27.8 Å². The lowest BCUT2D eigenvalue weighted by Crippen LogP contribution is -2.02. The van der Waals surface area contributed by atoms with E-state index in [1.165, 1.54) is 0 Å². The summed E-state index contributed by atoms with van der Waals surface area (Å²) in [5.41, 5.74) is 7.52. The van der Waals surface area contributed by atoms with Crippen molar-refractivity contribution in [3.8, 4) is 0 Å². The van der Waals surface area contributed by atoms with Crippen LogP contribution in [0.25, 0.3) is 0 Å². The molecule has 0 saturated heterocycles. The SMILES string of the molecule is C=CCCNc1ccc(Br)cc1N. The van der Waals surface area contributed by atoms with Gasteiger partial charge in [0.2, 0.25) is 0 Å². The maximum atomic E-state index is 5.79. The van der Waals surface area contributed by atoms with Crippen molar-refractivity contribution in [2.75, 3.05) is 17.6 Å². The smallest absolute Gasteiger partial charge is 0.0574 e. The molecule has 0 bridgehead atoms. The maximum Gasteiger partial charge on any atom is 0.0574 e. The van der Waals surface area contributed by atoms with Crippen molar-refractivity contribution in [3.05, 3.63) is 35.3 Å². The molecule has 70 valence electrons. The highest BCUT2D eigenvalue weighted by atomic mass is 79.9. The Morgan fingerprint density at radius 3 is 2.92 bits per heavy atom. The molecule has 0 amide bonds. The van der Waals surface area contributed by atoms with Gasteiger partial charge in [0.15, 0.2) is 0 Å². The second-order valence-corrected chi connectivity index (χ2v) is 3.65. The topological polar surface area (TPSA) is 38.0 Å². The largest absolute Gasteiger partial charge is 0.397 e. The molecular weight excluding hydrogens is 228 g/mol. The van der Waals surface area contributed by atoms with Crippen LogP contribution < -0.4 is 11.1 Å². The first-order valence-electron chi connectivity index (χ1n) is 4.14. The molecule has 3 heteroatoms. The van der Waals surface area contributed by atoms with E-state index in [9.17, 15) is 0 Å². The third-order valence-corrected chi connectivity index (χ3v) is 2.17. The van der Waals surface area contributed by atoms with Gasteiger partial charge in [-0.05, 0) is 24.6 Å². The van der Waals surface area contributed by atoms with Crippen molar-refractivity contribution in [2.24, 2.45) is 0 Å². The molecule has 0 unspecified atom stereocenters. The van der Waals surface area contributed by atoms with Gasteiger partial charge in [0.05, 0.1) is 11.4 Å². The van der Waals surface area contributed by atoms with Crippen LogP contribution in [0, 0.1) is 0 Å². The van der Waals surface area contributed by atoms with Gasteiger partial charge in [-0.3, -0.25) is 0 Å². The fourth-order valence-corrected chi connectivity index (χ4v) is 1.38. The lowest BCUT2D eigenvalue weighted by atomic mass is 10.2. The van der Waals surface area contributed by atoms with Crippen LogP contribution in [0.2, 0.25) is 0 Å². The van der Waals surface area contributed by atoms with Gasteiger partial charge in [-0.25, -0.2) is 0 Å². The van der Waals surface area contributed by atoms with Gasteiger partial charge in [0.25, 0.3) is 0 Å². The van der Waals surface area contributed by atoms with E-state index in [0.717, 1.165) is 28.8 Å². The number of nitrogen functional groups attached to an aromatic ring is 1. The van der Waals surface area contributed by atoms with Crippen LogP contribution in [-0.2, 0) is 0 Å². The Bertz CT molecular complexity index is 297. The minimum Gasteiger partial charge on any atom is -0.397 e. The molecule has 0 aliphatic rings. The van der Waals surface area contributed by atoms with E-state index in [1.54, 1.807) is 0 Å². The molecule has 3 N–H and O–H groups in total. The zero-order chi connectivity index (χ0) is 9.68. The Labute approximate surface area is 87.0 Å². The molecule has 0 aromatic heterocycles. The minimum absolute atomic E-state index is 0.762. The van der Waals surface area contributed by atoms with Crippen molar-refractivity contribution in [2.45, 2.75) is 6.42 Å². The Kier molecular flexibility index (Phi) is 3.83. The maximum absolute atomic E-state index is 5.79. The van der Waals surface area contributed by atoms with Crippen LogP contribution >= 0.6 is 15.9 Å². The number of benzene rings is 1. The average molecular weight is 241 g/mol. The van der Waals surface area contributed by atoms with Crippen LogP contribution in [0.5, 0.6) is 0 Å². The van der Waals surface area contributed by atoms with Crippen molar-refractivity contribution in [1.82, 2.24) is 0 Å². The van der Waals surface area contributed by atoms with E-state index in [4.69, 9.17) is 5.73 Å². The van der Waals surface area contributed by atoms with E-state index in [-0.39, 0.29) is 0 Å². The summed E-state index contributed by atoms with van der Waals surface area (Å²) in [6.45, 7) is 4.52. The second-order valence-electron chi connectivity index (χ2n) is 2.74. The zero-order valence-corrected chi connectivity index (χ0v) is 8.97. The quantitative estimate of drug-likeness (QED) is 0.483. The van der Waals surface area contributed by atoms with Gasteiger partial charge in [-0.2, -0.15) is 0 Å². The van der Waals surface area contributed by atoms with Crippen LogP contribution in [0.1, 0.15) is 6.42 Å². The molecule has 0 fully saturated rings. The van der Waals surface area contributed by atoms with Gasteiger partial charge >= 0.3 is 0 Å². The lowest BCUT2D eigenvalue weighted by molar-refractivity contribution is 1.07. The Balaban J connectivity index is 2.61. The summed E-state index contributed by atoms with van der Waals surface area (Å²) in [7, 11) is 0. The van der Waals surface area contributed by atoms with Gasteiger partial charge in [0, 0.05) is 11.0 Å². The number of hydrogen-bond acceptors (Lipinski definition) is 2. The number of halogens is 1. The highest BCUT2D eigenvalue weighted by Crippen LogP contribution is 2.22. The zero-order valence-electron chi connectivity index (χ0n) is 7.39. The molecule has 13 heavy (non-hydrogen) atoms. The van der Waals surface area contributed by atoms with Crippen LogP contribution in [0.4, 0.5) is 11.4 Å². The fourth-order valence-electron chi connectivity index (χ4n) is 1.00. The van der Waals surface area contributed by atoms with Gasteiger partial charge in [0.1, 0.15) is 0 Å². The van der Waals surface area contributed by atoms with Crippen LogP contribution in [0.3, 0.4) is 0 Å². The second kappa shape index (κ2) is 4.92. The van der Waals surface area contributed by atoms with E-state index in [1.807, 2.05) is 24.3 Å². The highest BCUT2D eigenvalue weighted by Gasteiger charge is 1.97. The van der Waals surface area contributed by atoms with E-state index < -0.39 is 0 Å². The standard InChI is InChI=1S/C10H13BrN2/c1-2-3-6-13-10-5-4-8(11)7-9(10)12/h2,4-5,7,13H,1,3,6,12H2. The highest BCUT2D eigenvalue weighted by molar-refractivity contribution is 9.10. The van der Waals surface area contributed by atoms with Gasteiger partial charge in [-0.15, -0.1) is 6.58 Å². The normalized spacial score (nSPS) is 9.62. The molecule has 0 aliphatic carbocycles. The lowest BCUT2D eigenvalue weighted by Gasteiger charge is -2.07. The summed E-state index contributed by atoms with van der Waals surface area (Å²) in [6, 6.07) is 5.81. The number of rotatable bonds is 4. The van der Waals surface area contributed by atoms with E-state index >= 15 is 0 Å². The molecule has 0 atom stereocenters. The molecule has 1 aromatic rings. The summed E-state index contributed by atoms with van der Waals surface area (Å²) < 4.78 is 0.999. The summed E-state index contributed by atoms with van der Waals surface area (Å²) in [4.78, 5) is 0. The molecule has 0 heterocycles. The molecule has 0 radical (unpaired) electrons. The Morgan fingerprint density at radius 1 is 1.54 bits per heavy atom. The van der Waals surface area contributed by atoms with Crippen LogP contribution in [0.15, 0.2) is 35.3 Å². The number of nitrogens with two attached hydrogens (primary N) is 1. The average Bonchev–Trinajstić information content (AvgIpc) is 2.09. The van der Waals surface area contributed by atoms with Crippen molar-refractivity contribution >= 4 is 27.3 Å². The fraction of sp³-hybridized carbons (Fsp3) is 0.200. The third-order valence-electron chi connectivity index (χ3n) is 1.68. The monoisotopic (exact) mass is 240 g/mol. The summed E-state index contributed by atoms with van der Waals surface area (Å²) in [6.07, 6.45) is 2.82. The predicted molar refractivity (Wildman–Crippen MR) is 61.9 cm³/mol. The number of anilines is 2. The molecule has 0 spiro atoms. The van der Waals surface area contributed by atoms with Gasteiger partial charge < -0.3 is 11.1 Å². The molecule has 2 nitrogen and oxygen atoms in total. The third kappa shape index (κ3) is 3.11. The molecule has 0 aliphatic heterocycles. The minimum atomic E-state index is 0.762. The Morgan fingerprint density at radius 2 is 2.31 bits per heavy atom. The number of nitrogens with one attached hydrogen (secondary N) is 1.